The van der Waals surface area contributed by atoms with Crippen molar-refractivity contribution in [2.75, 3.05) is 0 Å². The van der Waals surface area contributed by atoms with Gasteiger partial charge in [-0.25, -0.2) is 0 Å². The number of hydrogen-bond donors (Lipinski definition) is 4. The summed E-state index contributed by atoms with van der Waals surface area (Å²) >= 11 is -2.42. The van der Waals surface area contributed by atoms with Gasteiger partial charge in [-0.2, -0.15) is 0 Å². The molecular formula is C25H29BINO8. The van der Waals surface area contributed by atoms with Crippen LogP contribution in [0.2, 0.25) is 0 Å². The Hall–Kier alpha value is -1.96. The molecule has 3 fully saturated rings. The number of Topliss-reactive ketones (excluding diaryl/α,β-unsaturated/α-hetero) is 2. The fraction of sp³-hybridized carbons (Fsp3) is 0.560. The molecule has 36 heavy (non-hydrogen) atoms. The van der Waals surface area contributed by atoms with Crippen molar-refractivity contribution >= 4 is 44.4 Å². The molecule has 0 spiro atoms. The molecule has 4 heterocycles. The summed E-state index contributed by atoms with van der Waals surface area (Å²) < 4.78 is 11.8. The zero-order chi connectivity index (χ0) is 26.1. The van der Waals surface area contributed by atoms with E-state index in [0.29, 0.717) is 12.8 Å². The first-order valence-electron chi connectivity index (χ1n) is 12.1. The summed E-state index contributed by atoms with van der Waals surface area (Å²) in [6.07, 6.45) is 4.37. The van der Waals surface area contributed by atoms with Gasteiger partial charge in [-0.3, -0.25) is 0 Å². The minimum atomic E-state index is -2.42. The Labute approximate surface area is 216 Å². The van der Waals surface area contributed by atoms with Crippen molar-refractivity contribution in [3.05, 3.63) is 43.9 Å². The summed E-state index contributed by atoms with van der Waals surface area (Å²) in [7, 11) is -0.628. The number of amides is 1. The third-order valence-electron chi connectivity index (χ3n) is 8.89. The van der Waals surface area contributed by atoms with E-state index in [-0.39, 0.29) is 35.2 Å². The monoisotopic (exact) mass is 609 g/mol. The van der Waals surface area contributed by atoms with Crippen LogP contribution in [0.5, 0.6) is 0 Å². The van der Waals surface area contributed by atoms with Gasteiger partial charge in [0.15, 0.2) is 0 Å². The van der Waals surface area contributed by atoms with E-state index in [2.05, 4.69) is 0 Å². The van der Waals surface area contributed by atoms with Crippen LogP contribution in [0, 0.1) is 17.8 Å². The van der Waals surface area contributed by atoms with Crippen molar-refractivity contribution in [3.63, 3.8) is 0 Å². The van der Waals surface area contributed by atoms with E-state index in [1.165, 1.54) is 0 Å². The number of halogens is 1. The number of primary amides is 1. The van der Waals surface area contributed by atoms with Crippen molar-refractivity contribution < 1.29 is 39.0 Å². The van der Waals surface area contributed by atoms with Crippen LogP contribution >= 0.6 is 19.8 Å². The first-order chi connectivity index (χ1) is 16.7. The predicted molar refractivity (Wildman–Crippen MR) is 138 cm³/mol. The van der Waals surface area contributed by atoms with E-state index in [0.717, 1.165) is 9.05 Å². The number of carbonyl (C=O) groups is 3. The summed E-state index contributed by atoms with van der Waals surface area (Å²) in [6, 6.07) is 0. The van der Waals surface area contributed by atoms with Gasteiger partial charge in [0.2, 0.25) is 0 Å². The molecule has 0 aromatic carbocycles. The average molecular weight is 609 g/mol. The summed E-state index contributed by atoms with van der Waals surface area (Å²) in [5, 5.41) is 33.0. The van der Waals surface area contributed by atoms with Crippen LogP contribution in [0.25, 0.3) is 0 Å². The van der Waals surface area contributed by atoms with Crippen molar-refractivity contribution in [1.29, 1.82) is 0 Å². The molecule has 4 aliphatic heterocycles. The number of rotatable bonds is 2. The number of fused-ring (bicyclic) bond motifs is 3. The fourth-order valence-electron chi connectivity index (χ4n) is 6.33. The van der Waals surface area contributed by atoms with Crippen LogP contribution in [0.1, 0.15) is 47.0 Å². The summed E-state index contributed by atoms with van der Waals surface area (Å²) in [5.41, 5.74) is 4.73. The predicted octanol–water partition coefficient (Wildman–Crippen LogP) is 2.33. The zero-order valence-corrected chi connectivity index (χ0v) is 22.7. The normalized spacial score (nSPS) is 39.1. The topological polar surface area (TPSA) is 156 Å². The fourth-order valence-corrected chi connectivity index (χ4v) is 14.4. The molecule has 2 aliphatic carbocycles. The molecule has 11 heteroatoms. The van der Waals surface area contributed by atoms with Gasteiger partial charge in [-0.05, 0) is 0 Å². The standard InChI is InChI=1S/C25H29BINO8/c1-23(2)24(3,4)36-26(35-23)12-5-6-25(34)21-20(32)16-10(8-13(12)27(21)25)7-11-9-14(29)17(22(28)33)19(31)15(11)18(16)30/h5-6,10-11,15,21,29-30,34H,7-9H2,1-4H3,(H2,28,33). The van der Waals surface area contributed by atoms with Crippen LogP contribution in [0.4, 0.5) is 0 Å². The zero-order valence-electron chi connectivity index (χ0n) is 20.5. The van der Waals surface area contributed by atoms with Gasteiger partial charge in [0.25, 0.3) is 0 Å². The second-order valence-electron chi connectivity index (χ2n) is 11.5. The number of allylic oxidation sites excluding steroid dienone is 6. The van der Waals surface area contributed by atoms with Gasteiger partial charge in [0, 0.05) is 0 Å². The molecular weight excluding hydrogens is 580 g/mol. The van der Waals surface area contributed by atoms with Gasteiger partial charge >= 0.3 is 216 Å². The van der Waals surface area contributed by atoms with E-state index in [1.54, 1.807) is 6.08 Å². The number of carbonyl (C=O) groups excluding carboxylic acids is 3. The molecule has 5 atom stereocenters. The van der Waals surface area contributed by atoms with Crippen molar-refractivity contribution in [1.82, 2.24) is 0 Å². The molecule has 0 aromatic heterocycles. The molecule has 1 amide bonds. The SMILES string of the molecule is CC1(C)OB(C2=C3CC4CC5CC(O)=C(C(N)=O)C(=O)C5C(O)=C4C(=O)C4I3C4(O)C=C2)OC1(C)C. The van der Waals surface area contributed by atoms with E-state index >= 15 is 0 Å². The van der Waals surface area contributed by atoms with Crippen molar-refractivity contribution in [2.24, 2.45) is 23.5 Å². The number of aliphatic hydroxyl groups is 3. The molecule has 0 aromatic rings. The molecule has 0 saturated carbocycles. The first kappa shape index (κ1) is 24.4. The number of ketones is 2. The maximum atomic E-state index is 13.8. The Morgan fingerprint density at radius 1 is 1.11 bits per heavy atom. The number of hydrogen-bond acceptors (Lipinski definition) is 8. The van der Waals surface area contributed by atoms with E-state index < -0.39 is 74.8 Å². The van der Waals surface area contributed by atoms with Crippen LogP contribution in [0.3, 0.4) is 0 Å². The van der Waals surface area contributed by atoms with E-state index in [1.807, 2.05) is 33.8 Å². The Morgan fingerprint density at radius 3 is 2.36 bits per heavy atom. The minimum absolute atomic E-state index is 0.0232. The molecule has 6 aliphatic rings. The van der Waals surface area contributed by atoms with Gasteiger partial charge in [0.1, 0.15) is 0 Å². The van der Waals surface area contributed by atoms with Gasteiger partial charge in [-0.1, -0.05) is 0 Å². The Kier molecular flexibility index (Phi) is 4.96. The second-order valence-corrected chi connectivity index (χ2v) is 17.5. The number of alkyl halides is 2. The third kappa shape index (κ3) is 3.02. The molecule has 3 saturated heterocycles. The number of nitrogens with two attached hydrogens (primary N) is 1. The molecule has 0 bridgehead atoms. The Balaban J connectivity index is 1.43. The summed E-state index contributed by atoms with van der Waals surface area (Å²) in [5.74, 6) is -4.75. The van der Waals surface area contributed by atoms with Gasteiger partial charge in [-0.15, -0.1) is 0 Å². The van der Waals surface area contributed by atoms with Crippen LogP contribution in [-0.4, -0.2) is 58.6 Å². The van der Waals surface area contributed by atoms with E-state index in [4.69, 9.17) is 15.0 Å². The molecule has 0 radical (unpaired) electrons. The van der Waals surface area contributed by atoms with Crippen LogP contribution in [-0.2, 0) is 23.7 Å². The average Bonchev–Trinajstić information content (AvgIpc) is 3.34. The number of aliphatic hydroxyl groups excluding tert-OH is 2. The summed E-state index contributed by atoms with van der Waals surface area (Å²) in [6.45, 7) is 7.88. The van der Waals surface area contributed by atoms with Gasteiger partial charge < -0.3 is 0 Å². The molecule has 6 rings (SSSR count). The van der Waals surface area contributed by atoms with Crippen molar-refractivity contribution in [3.8, 4) is 0 Å². The van der Waals surface area contributed by atoms with Crippen LogP contribution in [0.15, 0.2) is 43.9 Å². The molecule has 192 valence electrons. The van der Waals surface area contributed by atoms with Crippen LogP contribution < -0.4 is 5.73 Å². The molecule has 5 unspecified atom stereocenters. The molecule has 9 nitrogen and oxygen atoms in total. The quantitative estimate of drug-likeness (QED) is 0.161. The second kappa shape index (κ2) is 7.33. The maximum absolute atomic E-state index is 13.8. The summed E-state index contributed by atoms with van der Waals surface area (Å²) in [4.78, 5) is 38.6. The molecule has 5 N–H and O–H groups in total. The Bertz CT molecular complexity index is 1260. The Morgan fingerprint density at radius 2 is 1.75 bits per heavy atom. The van der Waals surface area contributed by atoms with E-state index in [9.17, 15) is 29.7 Å². The third-order valence-corrected chi connectivity index (χ3v) is 16.3. The first-order valence-corrected chi connectivity index (χ1v) is 15.5. The van der Waals surface area contributed by atoms with Gasteiger partial charge in [0.05, 0.1) is 0 Å². The van der Waals surface area contributed by atoms with Crippen molar-refractivity contribution in [2.45, 2.75) is 65.7 Å².